The number of hydrogen-bond acceptors (Lipinski definition) is 2. The van der Waals surface area contributed by atoms with E-state index in [1.165, 1.54) is 6.07 Å². The van der Waals surface area contributed by atoms with Crippen LogP contribution in [-0.4, -0.2) is 11.7 Å². The van der Waals surface area contributed by atoms with Crippen LogP contribution in [0.15, 0.2) is 21.1 Å². The summed E-state index contributed by atoms with van der Waals surface area (Å²) in [5.74, 6) is -0.0242. The lowest BCUT2D eigenvalue weighted by molar-refractivity contribution is 0.464. The molecular formula is C13H11Cl6NO. The Morgan fingerprint density at radius 1 is 1.00 bits per heavy atom. The van der Waals surface area contributed by atoms with E-state index in [1.807, 2.05) is 6.92 Å². The Balaban J connectivity index is 3.54. The third kappa shape index (κ3) is 5.11. The lowest BCUT2D eigenvalue weighted by Crippen LogP contribution is -2.13. The summed E-state index contributed by atoms with van der Waals surface area (Å²) in [6, 6.07) is 3.04. The molecule has 8 heteroatoms. The van der Waals surface area contributed by atoms with Gasteiger partial charge in [-0.3, -0.25) is 0 Å². The molecule has 0 heterocycles. The molecule has 0 saturated heterocycles. The fraction of sp³-hybridized carbons (Fsp3) is 0.231. The summed E-state index contributed by atoms with van der Waals surface area (Å²) >= 11 is 34.9. The highest BCUT2D eigenvalue weighted by molar-refractivity contribution is 6.67. The molecule has 2 N–H and O–H groups in total. The molecule has 0 aliphatic heterocycles. The topological polar surface area (TPSA) is 32.3 Å². The Morgan fingerprint density at radius 2 is 1.57 bits per heavy atom. The van der Waals surface area contributed by atoms with Crippen molar-refractivity contribution >= 4 is 79.7 Å². The summed E-state index contributed by atoms with van der Waals surface area (Å²) in [6.07, 6.45) is 0. The van der Waals surface area contributed by atoms with Crippen molar-refractivity contribution in [2.75, 3.05) is 6.54 Å². The molecule has 0 aliphatic rings. The number of phenolic OH excluding ortho intramolecular Hbond substituents is 1. The maximum atomic E-state index is 10.2. The average Bonchev–Trinajstić information content (AvgIpc) is 2.43. The van der Waals surface area contributed by atoms with E-state index in [4.69, 9.17) is 69.6 Å². The minimum absolute atomic E-state index is 0.0242. The summed E-state index contributed by atoms with van der Waals surface area (Å²) in [5, 5.41) is 13.5. The predicted molar refractivity (Wildman–Crippen MR) is 94.4 cm³/mol. The molecule has 2 nitrogen and oxygen atoms in total. The maximum Gasteiger partial charge on any atom is 0.126 e. The van der Waals surface area contributed by atoms with Crippen molar-refractivity contribution in [1.29, 1.82) is 0 Å². The van der Waals surface area contributed by atoms with Crippen LogP contribution in [0.25, 0.3) is 10.1 Å². The standard InChI is InChI=1S/C13H11Cl6NO/c1-2-20-5-8-7(11(15)13(18)19)3-6(4-9(8)21)10(14)12(16)17/h3-4,20-21H,2,5H2,1H3. The molecule has 1 aromatic rings. The van der Waals surface area contributed by atoms with Crippen molar-refractivity contribution in [2.24, 2.45) is 0 Å². The molecule has 21 heavy (non-hydrogen) atoms. The Bertz CT molecular complexity index is 589. The Labute approximate surface area is 153 Å². The molecule has 0 amide bonds. The zero-order valence-electron chi connectivity index (χ0n) is 10.8. The first-order valence-corrected chi connectivity index (χ1v) is 8.05. The molecule has 116 valence electrons. The molecule has 0 fully saturated rings. The number of benzene rings is 1. The molecule has 0 atom stereocenters. The highest BCUT2D eigenvalue weighted by atomic mass is 35.5. The first-order chi connectivity index (χ1) is 9.79. The van der Waals surface area contributed by atoms with Crippen LogP contribution in [0.2, 0.25) is 0 Å². The largest absolute Gasteiger partial charge is 0.508 e. The lowest BCUT2D eigenvalue weighted by Gasteiger charge is -2.14. The highest BCUT2D eigenvalue weighted by Gasteiger charge is 2.17. The van der Waals surface area contributed by atoms with Gasteiger partial charge in [0.15, 0.2) is 0 Å². The maximum absolute atomic E-state index is 10.2. The van der Waals surface area contributed by atoms with Gasteiger partial charge >= 0.3 is 0 Å². The number of halogens is 6. The summed E-state index contributed by atoms with van der Waals surface area (Å²) in [6.45, 7) is 3.03. The molecule has 1 aromatic carbocycles. The number of aromatic hydroxyl groups is 1. The van der Waals surface area contributed by atoms with Gasteiger partial charge in [-0.25, -0.2) is 0 Å². The SMILES string of the molecule is CCNCc1c(O)cc(C(Cl)=C(Cl)Cl)cc1C(Cl)=C(Cl)Cl. The Hall–Kier alpha value is 0.200. The van der Waals surface area contributed by atoms with Crippen LogP contribution in [0.1, 0.15) is 23.6 Å². The summed E-state index contributed by atoms with van der Waals surface area (Å²) in [7, 11) is 0. The van der Waals surface area contributed by atoms with Gasteiger partial charge < -0.3 is 10.4 Å². The fourth-order valence-electron chi connectivity index (χ4n) is 1.63. The van der Waals surface area contributed by atoms with E-state index in [9.17, 15) is 5.11 Å². The molecular weight excluding hydrogens is 399 g/mol. The van der Waals surface area contributed by atoms with Crippen molar-refractivity contribution < 1.29 is 5.11 Å². The van der Waals surface area contributed by atoms with E-state index in [0.29, 0.717) is 29.8 Å². The molecule has 0 aliphatic carbocycles. The van der Waals surface area contributed by atoms with Crippen LogP contribution in [0, 0.1) is 0 Å². The van der Waals surface area contributed by atoms with E-state index in [2.05, 4.69) is 5.32 Å². The number of phenols is 1. The summed E-state index contributed by atoms with van der Waals surface area (Å²) in [4.78, 5) is 0. The normalized spacial score (nSPS) is 10.4. The van der Waals surface area contributed by atoms with Gasteiger partial charge in [-0.15, -0.1) is 0 Å². The highest BCUT2D eigenvalue weighted by Crippen LogP contribution is 2.38. The van der Waals surface area contributed by atoms with Crippen LogP contribution in [0.4, 0.5) is 0 Å². The average molecular weight is 410 g/mol. The molecule has 0 unspecified atom stereocenters. The second-order valence-corrected chi connectivity index (χ2v) is 6.61. The molecule has 0 aromatic heterocycles. The van der Waals surface area contributed by atoms with E-state index < -0.39 is 0 Å². The zero-order valence-corrected chi connectivity index (χ0v) is 15.3. The van der Waals surface area contributed by atoms with Crippen molar-refractivity contribution in [2.45, 2.75) is 13.5 Å². The minimum Gasteiger partial charge on any atom is -0.508 e. The Kier molecular flexibility index (Phi) is 8.00. The van der Waals surface area contributed by atoms with Gasteiger partial charge in [0, 0.05) is 17.7 Å². The van der Waals surface area contributed by atoms with Gasteiger partial charge in [0.05, 0.1) is 10.1 Å². The first-order valence-electron chi connectivity index (χ1n) is 5.78. The van der Waals surface area contributed by atoms with Gasteiger partial charge in [-0.2, -0.15) is 0 Å². The van der Waals surface area contributed by atoms with E-state index in [0.717, 1.165) is 0 Å². The van der Waals surface area contributed by atoms with Crippen LogP contribution in [-0.2, 0) is 6.54 Å². The monoisotopic (exact) mass is 407 g/mol. The number of nitrogens with one attached hydrogen (secondary N) is 1. The number of rotatable bonds is 5. The van der Waals surface area contributed by atoms with E-state index in [-0.39, 0.29) is 24.8 Å². The smallest absolute Gasteiger partial charge is 0.126 e. The van der Waals surface area contributed by atoms with Crippen LogP contribution < -0.4 is 5.32 Å². The molecule has 0 spiro atoms. The fourth-order valence-corrected chi connectivity index (χ4v) is 2.33. The predicted octanol–water partition coefficient (Wildman–Crippen LogP) is 6.19. The molecule has 0 saturated carbocycles. The molecule has 1 rings (SSSR count). The second-order valence-electron chi connectivity index (χ2n) is 3.95. The van der Waals surface area contributed by atoms with Crippen molar-refractivity contribution in [3.8, 4) is 5.75 Å². The van der Waals surface area contributed by atoms with Gasteiger partial charge in [-0.1, -0.05) is 76.5 Å². The lowest BCUT2D eigenvalue weighted by atomic mass is 10.0. The van der Waals surface area contributed by atoms with Crippen LogP contribution >= 0.6 is 69.6 Å². The molecule has 0 bridgehead atoms. The zero-order chi connectivity index (χ0) is 16.2. The van der Waals surface area contributed by atoms with Crippen molar-refractivity contribution in [1.82, 2.24) is 5.32 Å². The van der Waals surface area contributed by atoms with Crippen LogP contribution in [0.3, 0.4) is 0 Å². The van der Waals surface area contributed by atoms with Gasteiger partial charge in [0.2, 0.25) is 0 Å². The van der Waals surface area contributed by atoms with Gasteiger partial charge in [0.25, 0.3) is 0 Å². The third-order valence-electron chi connectivity index (χ3n) is 2.60. The number of hydrogen-bond donors (Lipinski definition) is 2. The van der Waals surface area contributed by atoms with Gasteiger partial charge in [-0.05, 0) is 24.2 Å². The quantitative estimate of drug-likeness (QED) is 0.607. The van der Waals surface area contributed by atoms with E-state index in [1.54, 1.807) is 6.07 Å². The van der Waals surface area contributed by atoms with Crippen LogP contribution in [0.5, 0.6) is 5.75 Å². The molecule has 0 radical (unpaired) electrons. The second kappa shape index (κ2) is 8.73. The van der Waals surface area contributed by atoms with Crippen molar-refractivity contribution in [3.05, 3.63) is 37.8 Å². The summed E-state index contributed by atoms with van der Waals surface area (Å²) in [5.41, 5.74) is 1.39. The summed E-state index contributed by atoms with van der Waals surface area (Å²) < 4.78 is -0.249. The Morgan fingerprint density at radius 3 is 2.05 bits per heavy atom. The minimum atomic E-state index is -0.126. The van der Waals surface area contributed by atoms with E-state index >= 15 is 0 Å². The van der Waals surface area contributed by atoms with Gasteiger partial charge in [0.1, 0.15) is 14.7 Å². The van der Waals surface area contributed by atoms with Crippen molar-refractivity contribution in [3.63, 3.8) is 0 Å². The third-order valence-corrected chi connectivity index (χ3v) is 4.54. The first kappa shape index (κ1) is 19.2.